The Balaban J connectivity index is 2.45. The van der Waals surface area contributed by atoms with Gasteiger partial charge in [-0.05, 0) is 31.2 Å². The zero-order chi connectivity index (χ0) is 9.73. The third-order valence-corrected chi connectivity index (χ3v) is 3.01. The molecule has 0 aromatic heterocycles. The molecule has 1 aliphatic rings. The van der Waals surface area contributed by atoms with E-state index in [0.29, 0.717) is 12.0 Å². The molecule has 1 aliphatic heterocycles. The highest BCUT2D eigenvalue weighted by Crippen LogP contribution is 2.33. The molecule has 1 rings (SSSR count). The largest absolute Gasteiger partial charge is 0.290 e. The van der Waals surface area contributed by atoms with Gasteiger partial charge < -0.3 is 0 Å². The summed E-state index contributed by atoms with van der Waals surface area (Å²) in [4.78, 5) is 2.29. The van der Waals surface area contributed by atoms with E-state index < -0.39 is 0 Å². The molecule has 0 bridgehead atoms. The van der Waals surface area contributed by atoms with Crippen LogP contribution in [0.4, 0.5) is 0 Å². The number of hydrogen-bond acceptors (Lipinski definition) is 2. The Labute approximate surface area is 81.5 Å². The summed E-state index contributed by atoms with van der Waals surface area (Å²) < 4.78 is 0. The van der Waals surface area contributed by atoms with Gasteiger partial charge in [0.15, 0.2) is 0 Å². The van der Waals surface area contributed by atoms with Crippen molar-refractivity contribution >= 4 is 0 Å². The monoisotopic (exact) mass is 180 g/mol. The first-order valence-electron chi connectivity index (χ1n) is 5.29. The van der Waals surface area contributed by atoms with E-state index in [1.54, 1.807) is 0 Å². The standard InChI is InChI=1S/C11H20N2/c1-3-5-11(2)6-4-8-13(10-11)9-7-12/h3-6,8-10H2,1-2H3. The fourth-order valence-corrected chi connectivity index (χ4v) is 2.47. The predicted octanol–water partition coefficient (Wildman–Crippen LogP) is 2.41. The van der Waals surface area contributed by atoms with Crippen molar-refractivity contribution in [2.24, 2.45) is 5.41 Å². The fourth-order valence-electron chi connectivity index (χ4n) is 2.47. The molecule has 1 unspecified atom stereocenters. The van der Waals surface area contributed by atoms with Crippen LogP contribution in [0.5, 0.6) is 0 Å². The maximum atomic E-state index is 8.63. The van der Waals surface area contributed by atoms with Crippen molar-refractivity contribution in [1.29, 1.82) is 5.26 Å². The highest BCUT2D eigenvalue weighted by Gasteiger charge is 2.29. The van der Waals surface area contributed by atoms with Gasteiger partial charge in [0.1, 0.15) is 0 Å². The Morgan fingerprint density at radius 1 is 1.54 bits per heavy atom. The minimum absolute atomic E-state index is 0.476. The molecule has 0 spiro atoms. The van der Waals surface area contributed by atoms with Crippen molar-refractivity contribution in [3.8, 4) is 6.07 Å². The minimum atomic E-state index is 0.476. The highest BCUT2D eigenvalue weighted by atomic mass is 15.1. The smallest absolute Gasteiger partial charge is 0.0866 e. The van der Waals surface area contributed by atoms with Gasteiger partial charge in [-0.2, -0.15) is 5.26 Å². The van der Waals surface area contributed by atoms with Gasteiger partial charge in [0, 0.05) is 6.54 Å². The summed E-state index contributed by atoms with van der Waals surface area (Å²) in [5.41, 5.74) is 0.476. The zero-order valence-corrected chi connectivity index (χ0v) is 8.84. The van der Waals surface area contributed by atoms with Gasteiger partial charge >= 0.3 is 0 Å². The SMILES string of the molecule is CCCC1(C)CCCN(CC#N)C1. The molecule has 0 amide bonds. The van der Waals surface area contributed by atoms with E-state index in [-0.39, 0.29) is 0 Å². The molecule has 0 radical (unpaired) electrons. The molecule has 0 aromatic carbocycles. The van der Waals surface area contributed by atoms with E-state index in [1.807, 2.05) is 0 Å². The average molecular weight is 180 g/mol. The highest BCUT2D eigenvalue weighted by molar-refractivity contribution is 4.87. The summed E-state index contributed by atoms with van der Waals surface area (Å²) in [6.45, 7) is 7.45. The van der Waals surface area contributed by atoms with Crippen LogP contribution in [0.25, 0.3) is 0 Å². The van der Waals surface area contributed by atoms with Gasteiger partial charge in [-0.3, -0.25) is 4.90 Å². The second-order valence-corrected chi connectivity index (χ2v) is 4.53. The molecule has 2 nitrogen and oxygen atoms in total. The molecule has 0 N–H and O–H groups in total. The number of piperidine rings is 1. The first-order valence-corrected chi connectivity index (χ1v) is 5.29. The second kappa shape index (κ2) is 4.62. The van der Waals surface area contributed by atoms with Crippen molar-refractivity contribution in [1.82, 2.24) is 4.90 Å². The van der Waals surface area contributed by atoms with Crippen LogP contribution in [-0.2, 0) is 0 Å². The Kier molecular flexibility index (Phi) is 3.74. The minimum Gasteiger partial charge on any atom is -0.290 e. The van der Waals surface area contributed by atoms with E-state index in [4.69, 9.17) is 5.26 Å². The summed E-state index contributed by atoms with van der Waals surface area (Å²) in [5.74, 6) is 0. The summed E-state index contributed by atoms with van der Waals surface area (Å²) in [6.07, 6.45) is 5.16. The van der Waals surface area contributed by atoms with Crippen molar-refractivity contribution < 1.29 is 0 Å². The number of hydrogen-bond donors (Lipinski definition) is 0. The van der Waals surface area contributed by atoms with Gasteiger partial charge in [0.25, 0.3) is 0 Å². The molecule has 1 atom stereocenters. The van der Waals surface area contributed by atoms with E-state index in [9.17, 15) is 0 Å². The topological polar surface area (TPSA) is 27.0 Å². The third-order valence-electron chi connectivity index (χ3n) is 3.01. The fraction of sp³-hybridized carbons (Fsp3) is 0.909. The lowest BCUT2D eigenvalue weighted by Crippen LogP contribution is -2.41. The van der Waals surface area contributed by atoms with Crippen LogP contribution in [0, 0.1) is 16.7 Å². The number of likely N-dealkylation sites (tertiary alicyclic amines) is 1. The first kappa shape index (κ1) is 10.5. The van der Waals surface area contributed by atoms with Crippen molar-refractivity contribution in [3.05, 3.63) is 0 Å². The van der Waals surface area contributed by atoms with Crippen LogP contribution in [0.15, 0.2) is 0 Å². The third kappa shape index (κ3) is 3.00. The van der Waals surface area contributed by atoms with Crippen LogP contribution in [0.3, 0.4) is 0 Å². The molecule has 0 aromatic rings. The normalized spacial score (nSPS) is 29.9. The number of rotatable bonds is 3. The van der Waals surface area contributed by atoms with Gasteiger partial charge in [-0.15, -0.1) is 0 Å². The Morgan fingerprint density at radius 2 is 2.31 bits per heavy atom. The second-order valence-electron chi connectivity index (χ2n) is 4.53. The average Bonchev–Trinajstić information content (AvgIpc) is 2.04. The summed E-state index contributed by atoms with van der Waals surface area (Å²) in [6, 6.07) is 2.24. The molecular weight excluding hydrogens is 160 g/mol. The predicted molar refractivity (Wildman–Crippen MR) is 54.3 cm³/mol. The lowest BCUT2D eigenvalue weighted by atomic mass is 9.78. The maximum absolute atomic E-state index is 8.63. The number of nitrogens with zero attached hydrogens (tertiary/aromatic N) is 2. The van der Waals surface area contributed by atoms with Crippen molar-refractivity contribution in [2.75, 3.05) is 19.6 Å². The lowest BCUT2D eigenvalue weighted by molar-refractivity contribution is 0.105. The van der Waals surface area contributed by atoms with Gasteiger partial charge in [0.05, 0.1) is 12.6 Å². The molecule has 1 heterocycles. The van der Waals surface area contributed by atoms with Gasteiger partial charge in [0.2, 0.25) is 0 Å². The summed E-state index contributed by atoms with van der Waals surface area (Å²) in [5, 5.41) is 8.63. The van der Waals surface area contributed by atoms with Gasteiger partial charge in [-0.1, -0.05) is 20.3 Å². The van der Waals surface area contributed by atoms with Crippen LogP contribution in [0.2, 0.25) is 0 Å². The Bertz CT molecular complexity index is 191. The van der Waals surface area contributed by atoms with Crippen LogP contribution >= 0.6 is 0 Å². The van der Waals surface area contributed by atoms with E-state index in [0.717, 1.165) is 13.1 Å². The van der Waals surface area contributed by atoms with E-state index in [1.165, 1.54) is 25.7 Å². The molecule has 2 heteroatoms. The Morgan fingerprint density at radius 3 is 2.92 bits per heavy atom. The van der Waals surface area contributed by atoms with Crippen molar-refractivity contribution in [3.63, 3.8) is 0 Å². The quantitative estimate of drug-likeness (QED) is 0.624. The van der Waals surface area contributed by atoms with Crippen LogP contribution in [-0.4, -0.2) is 24.5 Å². The maximum Gasteiger partial charge on any atom is 0.0866 e. The van der Waals surface area contributed by atoms with Gasteiger partial charge in [-0.25, -0.2) is 0 Å². The molecule has 0 saturated carbocycles. The lowest BCUT2D eigenvalue weighted by Gasteiger charge is -2.39. The molecule has 0 aliphatic carbocycles. The summed E-state index contributed by atoms with van der Waals surface area (Å²) in [7, 11) is 0. The Hall–Kier alpha value is -0.550. The molecule has 74 valence electrons. The zero-order valence-electron chi connectivity index (χ0n) is 8.84. The molecule has 13 heavy (non-hydrogen) atoms. The first-order chi connectivity index (χ1) is 6.20. The van der Waals surface area contributed by atoms with Crippen LogP contribution < -0.4 is 0 Å². The van der Waals surface area contributed by atoms with E-state index >= 15 is 0 Å². The molecule has 1 saturated heterocycles. The number of nitriles is 1. The molecular formula is C11H20N2. The summed E-state index contributed by atoms with van der Waals surface area (Å²) >= 11 is 0. The van der Waals surface area contributed by atoms with E-state index in [2.05, 4.69) is 24.8 Å². The van der Waals surface area contributed by atoms with Crippen molar-refractivity contribution in [2.45, 2.75) is 39.5 Å². The molecule has 1 fully saturated rings. The van der Waals surface area contributed by atoms with Crippen LogP contribution in [0.1, 0.15) is 39.5 Å².